The summed E-state index contributed by atoms with van der Waals surface area (Å²) in [5.41, 5.74) is 0.546. The van der Waals surface area contributed by atoms with Gasteiger partial charge in [-0.05, 0) is 60.2 Å². The van der Waals surface area contributed by atoms with Gasteiger partial charge in [-0.2, -0.15) is 0 Å². The molecule has 0 bridgehead atoms. The van der Waals surface area contributed by atoms with E-state index in [2.05, 4.69) is 69.2 Å². The van der Waals surface area contributed by atoms with Gasteiger partial charge >= 0.3 is 0 Å². The summed E-state index contributed by atoms with van der Waals surface area (Å²) in [6, 6.07) is 0. The van der Waals surface area contributed by atoms with Crippen LogP contribution in [0.3, 0.4) is 0 Å². The first-order valence-corrected chi connectivity index (χ1v) is 10.7. The summed E-state index contributed by atoms with van der Waals surface area (Å²) in [6.45, 7) is 25.2. The number of rotatable bonds is 14. The van der Waals surface area contributed by atoms with Crippen molar-refractivity contribution in [2.75, 3.05) is 20.0 Å². The van der Waals surface area contributed by atoms with Crippen molar-refractivity contribution in [2.45, 2.75) is 94.9 Å². The topological polar surface area (TPSA) is 18.5 Å². The molecule has 0 heterocycles. The predicted molar refractivity (Wildman–Crippen MR) is 111 cm³/mol. The van der Waals surface area contributed by atoms with E-state index in [1.54, 1.807) is 0 Å². The second kappa shape index (κ2) is 11.6. The molecule has 152 valence electrons. The Hall–Kier alpha value is -0.0800. The van der Waals surface area contributed by atoms with Crippen LogP contribution in [0.2, 0.25) is 0 Å². The molecule has 0 aliphatic carbocycles. The van der Waals surface area contributed by atoms with E-state index in [9.17, 15) is 0 Å². The lowest BCUT2D eigenvalue weighted by atomic mass is 9.70. The first-order chi connectivity index (χ1) is 11.5. The summed E-state index contributed by atoms with van der Waals surface area (Å²) < 4.78 is 12.1. The third-order valence-corrected chi connectivity index (χ3v) is 6.43. The standard InChI is InChI=1S/C23H48O2/c1-11-22(20(7)8,13-18(3)4)15-24-17-25-16-23(12-2,21(9)10)14-19(5)6/h18-21H,11-17H2,1-10H3. The van der Waals surface area contributed by atoms with Gasteiger partial charge in [0.25, 0.3) is 0 Å². The van der Waals surface area contributed by atoms with E-state index < -0.39 is 0 Å². The summed E-state index contributed by atoms with van der Waals surface area (Å²) >= 11 is 0. The van der Waals surface area contributed by atoms with Crippen LogP contribution in [0.5, 0.6) is 0 Å². The van der Waals surface area contributed by atoms with Crippen LogP contribution in [0.1, 0.15) is 94.9 Å². The van der Waals surface area contributed by atoms with E-state index in [0.717, 1.165) is 13.2 Å². The van der Waals surface area contributed by atoms with Crippen LogP contribution in [0.25, 0.3) is 0 Å². The Morgan fingerprint density at radius 1 is 0.600 bits per heavy atom. The van der Waals surface area contributed by atoms with Gasteiger partial charge in [-0.15, -0.1) is 0 Å². The summed E-state index contributed by atoms with van der Waals surface area (Å²) in [5, 5.41) is 0. The molecule has 0 aliphatic rings. The molecule has 0 saturated heterocycles. The summed E-state index contributed by atoms with van der Waals surface area (Å²) in [6.07, 6.45) is 4.78. The van der Waals surface area contributed by atoms with Crippen LogP contribution in [-0.2, 0) is 9.47 Å². The molecule has 0 N–H and O–H groups in total. The molecule has 2 heteroatoms. The maximum absolute atomic E-state index is 6.05. The van der Waals surface area contributed by atoms with E-state index in [-0.39, 0.29) is 10.8 Å². The van der Waals surface area contributed by atoms with Gasteiger partial charge in [0.1, 0.15) is 6.79 Å². The highest BCUT2D eigenvalue weighted by Gasteiger charge is 2.34. The van der Waals surface area contributed by atoms with Gasteiger partial charge in [0, 0.05) is 0 Å². The van der Waals surface area contributed by atoms with Crippen LogP contribution in [-0.4, -0.2) is 20.0 Å². The number of hydrogen-bond acceptors (Lipinski definition) is 2. The summed E-state index contributed by atoms with van der Waals surface area (Å²) in [4.78, 5) is 0. The van der Waals surface area contributed by atoms with Crippen LogP contribution in [0.15, 0.2) is 0 Å². The van der Waals surface area contributed by atoms with Gasteiger partial charge in [-0.1, -0.05) is 69.2 Å². The molecule has 0 radical (unpaired) electrons. The average molecular weight is 357 g/mol. The molecule has 0 aromatic heterocycles. The fourth-order valence-corrected chi connectivity index (χ4v) is 4.41. The van der Waals surface area contributed by atoms with Gasteiger partial charge in [0.05, 0.1) is 13.2 Å². The van der Waals surface area contributed by atoms with E-state index in [1.807, 2.05) is 0 Å². The van der Waals surface area contributed by atoms with Crippen LogP contribution in [0.4, 0.5) is 0 Å². The molecule has 0 aromatic carbocycles. The molecule has 0 fully saturated rings. The smallest absolute Gasteiger partial charge is 0.146 e. The van der Waals surface area contributed by atoms with E-state index in [4.69, 9.17) is 9.47 Å². The molecular weight excluding hydrogens is 308 g/mol. The Morgan fingerprint density at radius 3 is 1.12 bits per heavy atom. The van der Waals surface area contributed by atoms with Crippen molar-refractivity contribution in [2.24, 2.45) is 34.5 Å². The maximum Gasteiger partial charge on any atom is 0.146 e. The van der Waals surface area contributed by atoms with Crippen molar-refractivity contribution < 1.29 is 9.47 Å². The van der Waals surface area contributed by atoms with Crippen molar-refractivity contribution in [1.29, 1.82) is 0 Å². The van der Waals surface area contributed by atoms with Crippen LogP contribution >= 0.6 is 0 Å². The number of ether oxygens (including phenoxy) is 2. The van der Waals surface area contributed by atoms with E-state index in [0.29, 0.717) is 30.5 Å². The summed E-state index contributed by atoms with van der Waals surface area (Å²) in [5.74, 6) is 2.66. The molecule has 0 aliphatic heterocycles. The van der Waals surface area contributed by atoms with E-state index >= 15 is 0 Å². The Balaban J connectivity index is 4.62. The molecule has 2 atom stereocenters. The fraction of sp³-hybridized carbons (Fsp3) is 1.00. The fourth-order valence-electron chi connectivity index (χ4n) is 4.41. The molecular formula is C23H48O2. The normalized spacial score (nSPS) is 17.5. The lowest BCUT2D eigenvalue weighted by molar-refractivity contribution is -0.123. The van der Waals surface area contributed by atoms with Gasteiger partial charge in [0.2, 0.25) is 0 Å². The van der Waals surface area contributed by atoms with Crippen molar-refractivity contribution >= 4 is 0 Å². The van der Waals surface area contributed by atoms with E-state index in [1.165, 1.54) is 25.7 Å². The largest absolute Gasteiger partial charge is 0.355 e. The molecule has 2 unspecified atom stereocenters. The third-order valence-electron chi connectivity index (χ3n) is 6.43. The minimum Gasteiger partial charge on any atom is -0.355 e. The quantitative estimate of drug-likeness (QED) is 0.242. The van der Waals surface area contributed by atoms with Gasteiger partial charge < -0.3 is 9.47 Å². The molecule has 2 nitrogen and oxygen atoms in total. The highest BCUT2D eigenvalue weighted by atomic mass is 16.7. The maximum atomic E-state index is 6.05. The highest BCUT2D eigenvalue weighted by Crippen LogP contribution is 2.39. The minimum atomic E-state index is 0.273. The Labute approximate surface area is 159 Å². The highest BCUT2D eigenvalue weighted by molar-refractivity contribution is 4.83. The van der Waals surface area contributed by atoms with Gasteiger partial charge in [-0.25, -0.2) is 0 Å². The zero-order chi connectivity index (χ0) is 19.7. The van der Waals surface area contributed by atoms with Crippen LogP contribution < -0.4 is 0 Å². The summed E-state index contributed by atoms with van der Waals surface area (Å²) in [7, 11) is 0. The molecule has 25 heavy (non-hydrogen) atoms. The zero-order valence-electron chi connectivity index (χ0n) is 19.1. The van der Waals surface area contributed by atoms with Gasteiger partial charge in [0.15, 0.2) is 0 Å². The SMILES string of the molecule is CCC(COCOCC(CC)(CC(C)C)C(C)C)(CC(C)C)C(C)C. The van der Waals surface area contributed by atoms with Crippen molar-refractivity contribution in [3.05, 3.63) is 0 Å². The van der Waals surface area contributed by atoms with Crippen LogP contribution in [0, 0.1) is 34.5 Å². The van der Waals surface area contributed by atoms with Crippen molar-refractivity contribution in [3.8, 4) is 0 Å². The molecule has 0 aromatic rings. The zero-order valence-corrected chi connectivity index (χ0v) is 19.1. The van der Waals surface area contributed by atoms with Crippen molar-refractivity contribution in [3.63, 3.8) is 0 Å². The second-order valence-electron chi connectivity index (χ2n) is 9.75. The second-order valence-corrected chi connectivity index (χ2v) is 9.75. The lowest BCUT2D eigenvalue weighted by Crippen LogP contribution is -2.36. The monoisotopic (exact) mass is 356 g/mol. The molecule has 0 spiro atoms. The Bertz CT molecular complexity index is 303. The Kier molecular flexibility index (Phi) is 11.6. The molecule has 0 amide bonds. The number of hydrogen-bond donors (Lipinski definition) is 0. The van der Waals surface area contributed by atoms with Gasteiger partial charge in [-0.3, -0.25) is 0 Å². The average Bonchev–Trinajstić information content (AvgIpc) is 2.50. The van der Waals surface area contributed by atoms with Crippen molar-refractivity contribution in [1.82, 2.24) is 0 Å². The first-order valence-electron chi connectivity index (χ1n) is 10.7. The molecule has 0 rings (SSSR count). The predicted octanol–water partition coefficient (Wildman–Crippen LogP) is 7.17. The first kappa shape index (κ1) is 24.9. The third kappa shape index (κ3) is 7.99. The molecule has 0 saturated carbocycles. The minimum absolute atomic E-state index is 0.273. The lowest BCUT2D eigenvalue weighted by Gasteiger charge is -2.39. The Morgan fingerprint density at radius 2 is 0.920 bits per heavy atom.